The fourth-order valence-corrected chi connectivity index (χ4v) is 6.32. The highest BCUT2D eigenvalue weighted by atomic mass is 32.2. The van der Waals surface area contributed by atoms with Gasteiger partial charge in [-0.25, -0.2) is 0 Å². The molecule has 4 amide bonds. The standard InChI is InChI=1S/C36H66N6O5S/c1-21(2)16-30(31(43)17-25(9)33(44)39-32(24(7)8)36(47)41(12)19-22(3)4)38-35(46)29(14-15-48-13)37-34(45)28(23(5)6)20-42-27(11)18-26(10)40-42/h18,21-25,28-32,43H,14-17,19-20H2,1-13H3,(H,37,45)(H,38,46)(H,39,44)/t25-,28-,29+,30+,31+,32+/m1/s1. The van der Waals surface area contributed by atoms with Crippen LogP contribution in [-0.2, 0) is 25.7 Å². The third-order valence-corrected chi connectivity index (χ3v) is 9.31. The highest BCUT2D eigenvalue weighted by Gasteiger charge is 2.33. The summed E-state index contributed by atoms with van der Waals surface area (Å²) >= 11 is 1.59. The summed E-state index contributed by atoms with van der Waals surface area (Å²) in [5.74, 6) is -1.01. The predicted octanol–water partition coefficient (Wildman–Crippen LogP) is 4.18. The summed E-state index contributed by atoms with van der Waals surface area (Å²) in [6.45, 7) is 22.5. The SMILES string of the molecule is CSCC[C@H](NC(=O)[C@H](Cn1nc(C)cc1C)C(C)C)C(=O)N[C@@H](CC(C)C)[C@@H](O)C[C@@H](C)C(=O)N[C@H](C(=O)N(C)CC(C)C)C(C)C. The average molecular weight is 695 g/mol. The highest BCUT2D eigenvalue weighted by Crippen LogP contribution is 2.19. The topological polar surface area (TPSA) is 146 Å². The first-order chi connectivity index (χ1) is 22.3. The van der Waals surface area contributed by atoms with Crippen molar-refractivity contribution in [2.24, 2.45) is 35.5 Å². The number of aromatic nitrogens is 2. The molecule has 48 heavy (non-hydrogen) atoms. The van der Waals surface area contributed by atoms with Crippen LogP contribution in [0.5, 0.6) is 0 Å². The van der Waals surface area contributed by atoms with Crippen LogP contribution in [0.2, 0.25) is 0 Å². The quantitative estimate of drug-likeness (QED) is 0.151. The molecule has 0 radical (unpaired) electrons. The maximum Gasteiger partial charge on any atom is 0.245 e. The minimum Gasteiger partial charge on any atom is -0.391 e. The Morgan fingerprint density at radius 1 is 0.875 bits per heavy atom. The van der Waals surface area contributed by atoms with Crippen molar-refractivity contribution in [1.29, 1.82) is 0 Å². The van der Waals surface area contributed by atoms with Gasteiger partial charge in [0.05, 0.1) is 30.3 Å². The van der Waals surface area contributed by atoms with Gasteiger partial charge in [-0.15, -0.1) is 0 Å². The molecule has 4 N–H and O–H groups in total. The van der Waals surface area contributed by atoms with Gasteiger partial charge in [-0.2, -0.15) is 16.9 Å². The number of aliphatic hydroxyl groups excluding tert-OH is 1. The summed E-state index contributed by atoms with van der Waals surface area (Å²) in [6, 6.07) is -0.112. The lowest BCUT2D eigenvalue weighted by atomic mass is 9.91. The molecule has 0 aromatic carbocycles. The number of carbonyl (C=O) groups is 4. The predicted molar refractivity (Wildman–Crippen MR) is 195 cm³/mol. The lowest BCUT2D eigenvalue weighted by Gasteiger charge is -2.31. The van der Waals surface area contributed by atoms with Crippen molar-refractivity contribution in [2.45, 2.75) is 126 Å². The zero-order chi connectivity index (χ0) is 36.9. The van der Waals surface area contributed by atoms with E-state index in [-0.39, 0.29) is 47.8 Å². The first-order valence-corrected chi connectivity index (χ1v) is 19.0. The molecular formula is C36H66N6O5S. The molecule has 1 aromatic heterocycles. The third-order valence-electron chi connectivity index (χ3n) is 8.66. The van der Waals surface area contributed by atoms with E-state index in [2.05, 4.69) is 21.0 Å². The van der Waals surface area contributed by atoms with E-state index in [1.807, 2.05) is 86.2 Å². The molecule has 1 rings (SSSR count). The van der Waals surface area contributed by atoms with Crippen LogP contribution >= 0.6 is 11.8 Å². The van der Waals surface area contributed by atoms with Crippen molar-refractivity contribution in [3.63, 3.8) is 0 Å². The van der Waals surface area contributed by atoms with Gasteiger partial charge in [-0.1, -0.05) is 62.3 Å². The van der Waals surface area contributed by atoms with Crippen LogP contribution in [0.25, 0.3) is 0 Å². The molecule has 1 aromatic rings. The van der Waals surface area contributed by atoms with Gasteiger partial charge < -0.3 is 26.0 Å². The monoisotopic (exact) mass is 694 g/mol. The molecule has 0 unspecified atom stereocenters. The second-order valence-corrected chi connectivity index (χ2v) is 16.1. The number of thioether (sulfide) groups is 1. The Balaban J connectivity index is 3.07. The van der Waals surface area contributed by atoms with Crippen LogP contribution in [0.3, 0.4) is 0 Å². The van der Waals surface area contributed by atoms with Crippen molar-refractivity contribution < 1.29 is 24.3 Å². The van der Waals surface area contributed by atoms with Crippen LogP contribution in [0.4, 0.5) is 0 Å². The fraction of sp³-hybridized carbons (Fsp3) is 0.806. The van der Waals surface area contributed by atoms with E-state index in [4.69, 9.17) is 0 Å². The molecule has 0 saturated carbocycles. The van der Waals surface area contributed by atoms with E-state index >= 15 is 0 Å². The summed E-state index contributed by atoms with van der Waals surface area (Å²) in [6.07, 6.45) is 1.96. The number of rotatable bonds is 21. The van der Waals surface area contributed by atoms with Crippen molar-refractivity contribution in [2.75, 3.05) is 25.6 Å². The summed E-state index contributed by atoms with van der Waals surface area (Å²) in [7, 11) is 1.75. The second-order valence-electron chi connectivity index (χ2n) is 15.1. The van der Waals surface area contributed by atoms with Crippen LogP contribution in [0.1, 0.15) is 93.0 Å². The fourth-order valence-electron chi connectivity index (χ4n) is 5.85. The van der Waals surface area contributed by atoms with Gasteiger partial charge >= 0.3 is 0 Å². The summed E-state index contributed by atoms with van der Waals surface area (Å²) in [5, 5.41) is 24.9. The van der Waals surface area contributed by atoms with E-state index in [0.29, 0.717) is 37.6 Å². The molecule has 0 aliphatic rings. The number of nitrogens with one attached hydrogen (secondary N) is 3. The number of aliphatic hydroxyl groups is 1. The number of nitrogens with zero attached hydrogens (tertiary/aromatic N) is 3. The maximum absolute atomic E-state index is 13.8. The van der Waals surface area contributed by atoms with Gasteiger partial charge in [-0.3, -0.25) is 23.9 Å². The van der Waals surface area contributed by atoms with Crippen molar-refractivity contribution in [1.82, 2.24) is 30.6 Å². The molecule has 0 aliphatic carbocycles. The molecule has 0 aliphatic heterocycles. The number of aryl methyl sites for hydroxylation is 2. The van der Waals surface area contributed by atoms with Crippen molar-refractivity contribution in [3.05, 3.63) is 17.5 Å². The minimum atomic E-state index is -1.01. The second kappa shape index (κ2) is 20.8. The Kier molecular flexibility index (Phi) is 18.8. The Hall–Kier alpha value is -2.60. The van der Waals surface area contributed by atoms with E-state index < -0.39 is 36.1 Å². The maximum atomic E-state index is 13.8. The summed E-state index contributed by atoms with van der Waals surface area (Å²) < 4.78 is 1.84. The Morgan fingerprint density at radius 3 is 1.98 bits per heavy atom. The van der Waals surface area contributed by atoms with E-state index in [1.54, 1.807) is 30.6 Å². The molecule has 0 spiro atoms. The molecule has 12 heteroatoms. The highest BCUT2D eigenvalue weighted by molar-refractivity contribution is 7.98. The molecule has 11 nitrogen and oxygen atoms in total. The number of likely N-dealkylation sites (N-methyl/N-ethyl adjacent to an activating group) is 1. The molecule has 0 fully saturated rings. The first-order valence-electron chi connectivity index (χ1n) is 17.6. The summed E-state index contributed by atoms with van der Waals surface area (Å²) in [4.78, 5) is 55.5. The molecule has 6 atom stereocenters. The van der Waals surface area contributed by atoms with E-state index in [0.717, 1.165) is 11.4 Å². The zero-order valence-electron chi connectivity index (χ0n) is 31.9. The zero-order valence-corrected chi connectivity index (χ0v) is 32.7. The van der Waals surface area contributed by atoms with Crippen LogP contribution in [0, 0.1) is 49.4 Å². The lowest BCUT2D eigenvalue weighted by Crippen LogP contribution is -2.55. The number of amides is 4. The smallest absolute Gasteiger partial charge is 0.245 e. The van der Waals surface area contributed by atoms with E-state index in [1.165, 1.54) is 0 Å². The van der Waals surface area contributed by atoms with Crippen LogP contribution in [-0.4, -0.2) is 93.2 Å². The Labute approximate surface area is 294 Å². The van der Waals surface area contributed by atoms with Gasteiger partial charge in [0.1, 0.15) is 12.1 Å². The van der Waals surface area contributed by atoms with Crippen LogP contribution in [0.15, 0.2) is 6.07 Å². The van der Waals surface area contributed by atoms with Gasteiger partial charge in [0, 0.05) is 25.2 Å². The first kappa shape index (κ1) is 43.4. The number of hydrogen-bond donors (Lipinski definition) is 4. The van der Waals surface area contributed by atoms with E-state index in [9.17, 15) is 24.3 Å². The van der Waals surface area contributed by atoms with Gasteiger partial charge in [-0.05, 0) is 74.9 Å². The van der Waals surface area contributed by atoms with Crippen molar-refractivity contribution >= 4 is 35.4 Å². The van der Waals surface area contributed by atoms with Gasteiger partial charge in [0.25, 0.3) is 0 Å². The van der Waals surface area contributed by atoms with Gasteiger partial charge in [0.2, 0.25) is 23.6 Å². The molecular weight excluding hydrogens is 629 g/mol. The normalized spacial score (nSPS) is 15.6. The van der Waals surface area contributed by atoms with Crippen molar-refractivity contribution in [3.8, 4) is 0 Å². The molecule has 276 valence electrons. The molecule has 0 saturated heterocycles. The molecule has 1 heterocycles. The minimum absolute atomic E-state index is 0.0162. The third kappa shape index (κ3) is 14.5. The van der Waals surface area contributed by atoms with Crippen LogP contribution < -0.4 is 16.0 Å². The number of carbonyl (C=O) groups excluding carboxylic acids is 4. The lowest BCUT2D eigenvalue weighted by molar-refractivity contribution is -0.138. The average Bonchev–Trinajstić information content (AvgIpc) is 3.30. The Bertz CT molecular complexity index is 1170. The summed E-state index contributed by atoms with van der Waals surface area (Å²) in [5.41, 5.74) is 1.86. The Morgan fingerprint density at radius 2 is 1.50 bits per heavy atom. The van der Waals surface area contributed by atoms with Gasteiger partial charge in [0.15, 0.2) is 0 Å². The number of hydrogen-bond acceptors (Lipinski definition) is 7. The molecule has 0 bridgehead atoms. The largest absolute Gasteiger partial charge is 0.391 e.